The summed E-state index contributed by atoms with van der Waals surface area (Å²) in [6.07, 6.45) is 0.881. The molecule has 0 spiro atoms. The first-order valence-corrected chi connectivity index (χ1v) is 9.42. The van der Waals surface area contributed by atoms with Crippen LogP contribution in [-0.2, 0) is 18.4 Å². The van der Waals surface area contributed by atoms with Crippen molar-refractivity contribution in [2.75, 3.05) is 19.8 Å². The van der Waals surface area contributed by atoms with Gasteiger partial charge in [-0.3, -0.25) is 4.79 Å². The first-order valence-electron chi connectivity index (χ1n) is 5.49. The Morgan fingerprint density at radius 1 is 1.35 bits per heavy atom. The SMILES string of the molecule is C[Si](C)(CCCNC(=O)COCC(=O)O)O[SiH3]. The monoisotopic (exact) mass is 279 g/mol. The maximum atomic E-state index is 11.2. The summed E-state index contributed by atoms with van der Waals surface area (Å²) in [5, 5.41) is 11.0. The fourth-order valence-corrected chi connectivity index (χ4v) is 2.97. The molecule has 0 saturated carbocycles. The topological polar surface area (TPSA) is 84.9 Å². The molecule has 0 aliphatic heterocycles. The molecule has 0 rings (SSSR count). The van der Waals surface area contributed by atoms with Gasteiger partial charge in [0.25, 0.3) is 0 Å². The van der Waals surface area contributed by atoms with Crippen LogP contribution in [0.1, 0.15) is 6.42 Å². The summed E-state index contributed by atoms with van der Waals surface area (Å²) in [6, 6.07) is 1.01. The standard InChI is InChI=1S/C9H21NO5Si2/c1-17(2,15-16)5-3-4-10-8(11)6-14-7-9(12)13/h3-7H2,1-2,16H3,(H,10,11)(H,12,13). The molecule has 100 valence electrons. The van der Waals surface area contributed by atoms with Gasteiger partial charge in [0.05, 0.1) is 0 Å². The number of carbonyl (C=O) groups is 2. The third-order valence-corrected chi connectivity index (χ3v) is 8.27. The van der Waals surface area contributed by atoms with Crippen molar-refractivity contribution >= 4 is 30.7 Å². The van der Waals surface area contributed by atoms with Crippen molar-refractivity contribution in [1.29, 1.82) is 0 Å². The number of rotatable bonds is 9. The Balaban J connectivity index is 3.49. The lowest BCUT2D eigenvalue weighted by Crippen LogP contribution is -2.33. The van der Waals surface area contributed by atoms with Gasteiger partial charge in [0.1, 0.15) is 23.7 Å². The Morgan fingerprint density at radius 2 is 2.00 bits per heavy atom. The molecule has 6 nitrogen and oxygen atoms in total. The largest absolute Gasteiger partial charge is 0.480 e. The molecule has 0 radical (unpaired) electrons. The minimum absolute atomic E-state index is 0.204. The molecule has 0 aromatic carbocycles. The van der Waals surface area contributed by atoms with E-state index in [4.69, 9.17) is 9.22 Å². The normalized spacial score (nSPS) is 11.4. The molecular weight excluding hydrogens is 258 g/mol. The first-order chi connectivity index (χ1) is 7.87. The maximum Gasteiger partial charge on any atom is 0.329 e. The second kappa shape index (κ2) is 8.39. The molecule has 8 heteroatoms. The second-order valence-corrected chi connectivity index (χ2v) is 9.96. The molecule has 0 unspecified atom stereocenters. The van der Waals surface area contributed by atoms with Crippen molar-refractivity contribution < 1.29 is 23.5 Å². The number of carboxylic acid groups (broad SMARTS) is 1. The highest BCUT2D eigenvalue weighted by Gasteiger charge is 2.18. The third-order valence-electron chi connectivity index (χ3n) is 2.29. The minimum atomic E-state index is -1.49. The summed E-state index contributed by atoms with van der Waals surface area (Å²) in [5.74, 6) is -1.35. The van der Waals surface area contributed by atoms with Gasteiger partial charge in [-0.15, -0.1) is 0 Å². The van der Waals surface area contributed by atoms with E-state index in [1.54, 1.807) is 0 Å². The van der Waals surface area contributed by atoms with Gasteiger partial charge in [-0.25, -0.2) is 4.79 Å². The van der Waals surface area contributed by atoms with Crippen LogP contribution in [0.2, 0.25) is 19.1 Å². The molecular formula is C9H21NO5Si2. The Bertz CT molecular complexity index is 260. The molecule has 17 heavy (non-hydrogen) atoms. The zero-order chi connectivity index (χ0) is 13.3. The zero-order valence-electron chi connectivity index (χ0n) is 10.6. The highest BCUT2D eigenvalue weighted by Crippen LogP contribution is 2.10. The second-order valence-electron chi connectivity index (χ2n) is 4.30. The van der Waals surface area contributed by atoms with Crippen molar-refractivity contribution in [2.24, 2.45) is 0 Å². The lowest BCUT2D eigenvalue weighted by atomic mass is 10.4. The molecule has 0 atom stereocenters. The summed E-state index contributed by atoms with van der Waals surface area (Å²) in [5.41, 5.74) is 0. The molecule has 2 N–H and O–H groups in total. The summed E-state index contributed by atoms with van der Waals surface area (Å²) in [6.45, 7) is 4.23. The van der Waals surface area contributed by atoms with Crippen LogP contribution >= 0.6 is 0 Å². The average Bonchev–Trinajstić information content (AvgIpc) is 2.24. The Morgan fingerprint density at radius 3 is 2.53 bits per heavy atom. The van der Waals surface area contributed by atoms with Crippen molar-refractivity contribution in [3.63, 3.8) is 0 Å². The van der Waals surface area contributed by atoms with Crippen LogP contribution in [0.15, 0.2) is 0 Å². The molecule has 1 amide bonds. The Hall–Kier alpha value is -0.706. The summed E-state index contributed by atoms with van der Waals surface area (Å²) in [4.78, 5) is 21.3. The van der Waals surface area contributed by atoms with E-state index in [2.05, 4.69) is 23.1 Å². The highest BCUT2D eigenvalue weighted by atomic mass is 28.4. The number of carboxylic acids is 1. The number of ether oxygens (including phenoxy) is 1. The molecule has 0 fully saturated rings. The van der Waals surface area contributed by atoms with Gasteiger partial charge in [-0.1, -0.05) is 0 Å². The van der Waals surface area contributed by atoms with E-state index in [-0.39, 0.29) is 12.5 Å². The molecule has 0 aliphatic rings. The molecule has 0 aliphatic carbocycles. The molecule has 0 heterocycles. The van der Waals surface area contributed by atoms with E-state index in [9.17, 15) is 9.59 Å². The summed E-state index contributed by atoms with van der Waals surface area (Å²) in [7, 11) is -0.728. The van der Waals surface area contributed by atoms with Crippen LogP contribution in [0.5, 0.6) is 0 Å². The minimum Gasteiger partial charge on any atom is -0.480 e. The van der Waals surface area contributed by atoms with Gasteiger partial charge in [-0.2, -0.15) is 0 Å². The number of carbonyl (C=O) groups excluding carboxylic acids is 1. The highest BCUT2D eigenvalue weighted by molar-refractivity contribution is 6.73. The van der Waals surface area contributed by atoms with Crippen molar-refractivity contribution in [3.05, 3.63) is 0 Å². The number of nitrogens with one attached hydrogen (secondary N) is 1. The lowest BCUT2D eigenvalue weighted by molar-refractivity contribution is -0.143. The lowest BCUT2D eigenvalue weighted by Gasteiger charge is -2.20. The van der Waals surface area contributed by atoms with Crippen LogP contribution in [0.25, 0.3) is 0 Å². The van der Waals surface area contributed by atoms with Gasteiger partial charge in [0.15, 0.2) is 8.32 Å². The average molecular weight is 279 g/mol. The van der Waals surface area contributed by atoms with Crippen molar-refractivity contribution in [1.82, 2.24) is 5.32 Å². The van der Waals surface area contributed by atoms with E-state index < -0.39 is 20.9 Å². The van der Waals surface area contributed by atoms with E-state index in [1.165, 1.54) is 0 Å². The van der Waals surface area contributed by atoms with Gasteiger partial charge < -0.3 is 19.3 Å². The first kappa shape index (κ1) is 16.3. The predicted octanol–water partition coefficient (Wildman–Crippen LogP) is -0.904. The van der Waals surface area contributed by atoms with Crippen molar-refractivity contribution in [2.45, 2.75) is 25.6 Å². The van der Waals surface area contributed by atoms with Gasteiger partial charge >= 0.3 is 5.97 Å². The molecule has 0 aromatic rings. The number of amides is 1. The number of hydrogen-bond acceptors (Lipinski definition) is 4. The van der Waals surface area contributed by atoms with E-state index in [0.29, 0.717) is 6.54 Å². The maximum absolute atomic E-state index is 11.2. The van der Waals surface area contributed by atoms with Crippen LogP contribution in [-0.4, -0.2) is 55.5 Å². The van der Waals surface area contributed by atoms with Crippen molar-refractivity contribution in [3.8, 4) is 0 Å². The smallest absolute Gasteiger partial charge is 0.329 e. The predicted molar refractivity (Wildman–Crippen MR) is 69.4 cm³/mol. The van der Waals surface area contributed by atoms with Crippen LogP contribution in [0.4, 0.5) is 0 Å². The molecule has 0 aromatic heterocycles. The number of aliphatic carboxylic acids is 1. The summed E-state index contributed by atoms with van der Waals surface area (Å²) < 4.78 is 10.2. The van der Waals surface area contributed by atoms with Gasteiger partial charge in [-0.05, 0) is 25.6 Å². The van der Waals surface area contributed by atoms with E-state index >= 15 is 0 Å². The summed E-state index contributed by atoms with van der Waals surface area (Å²) >= 11 is 0. The fraction of sp³-hybridized carbons (Fsp3) is 0.778. The third kappa shape index (κ3) is 10.2. The fourth-order valence-electron chi connectivity index (χ4n) is 1.13. The van der Waals surface area contributed by atoms with Crippen LogP contribution in [0.3, 0.4) is 0 Å². The van der Waals surface area contributed by atoms with Gasteiger partial charge in [0, 0.05) is 6.54 Å². The molecule has 0 bridgehead atoms. The Labute approximate surface area is 105 Å². The van der Waals surface area contributed by atoms with E-state index in [0.717, 1.165) is 23.0 Å². The molecule has 0 saturated heterocycles. The number of hydrogen-bond donors (Lipinski definition) is 2. The van der Waals surface area contributed by atoms with Crippen LogP contribution in [0, 0.1) is 0 Å². The quantitative estimate of drug-likeness (QED) is 0.422. The van der Waals surface area contributed by atoms with E-state index in [1.807, 2.05) is 0 Å². The van der Waals surface area contributed by atoms with Gasteiger partial charge in [0.2, 0.25) is 5.91 Å². The Kier molecular flexibility index (Phi) is 8.05. The zero-order valence-corrected chi connectivity index (χ0v) is 13.6. The van der Waals surface area contributed by atoms with Crippen LogP contribution < -0.4 is 5.32 Å².